The molecule has 0 aliphatic heterocycles. The third-order valence-corrected chi connectivity index (χ3v) is 2.19. The molecule has 0 radical (unpaired) electrons. The first-order valence-electron chi connectivity index (χ1n) is 4.68. The van der Waals surface area contributed by atoms with Crippen molar-refractivity contribution in [2.45, 2.75) is 6.42 Å². The number of halogens is 1. The lowest BCUT2D eigenvalue weighted by atomic mass is 10.2. The minimum atomic E-state index is -0.393. The van der Waals surface area contributed by atoms with E-state index in [0.29, 0.717) is 11.4 Å². The first kappa shape index (κ1) is 12.5. The summed E-state index contributed by atoms with van der Waals surface area (Å²) in [5, 5.41) is 2.58. The second kappa shape index (κ2) is 6.12. The number of ether oxygens (including phenoxy) is 1. The second-order valence-corrected chi connectivity index (χ2v) is 3.36. The van der Waals surface area contributed by atoms with Crippen LogP contribution in [0.25, 0.3) is 0 Å². The molecule has 0 saturated carbocycles. The molecule has 0 saturated heterocycles. The van der Waals surface area contributed by atoms with Gasteiger partial charge in [0.2, 0.25) is 5.91 Å². The van der Waals surface area contributed by atoms with E-state index in [1.54, 1.807) is 24.3 Å². The molecular formula is C11H12ClNO3. The van der Waals surface area contributed by atoms with Crippen LogP contribution < -0.4 is 10.1 Å². The number of amides is 1. The number of para-hydroxylation sites is 2. The normalized spacial score (nSPS) is 9.62. The molecule has 1 rings (SSSR count). The molecule has 0 fully saturated rings. The third-order valence-electron chi connectivity index (χ3n) is 1.89. The molecule has 86 valence electrons. The van der Waals surface area contributed by atoms with Crippen LogP contribution in [0.3, 0.4) is 0 Å². The maximum atomic E-state index is 11.4. The number of nitrogens with one attached hydrogen (secondary N) is 1. The van der Waals surface area contributed by atoms with Gasteiger partial charge < -0.3 is 10.1 Å². The summed E-state index contributed by atoms with van der Waals surface area (Å²) in [6.45, 7) is 0. The number of hydrogen-bond donors (Lipinski definition) is 1. The Kier molecular flexibility index (Phi) is 4.79. The summed E-state index contributed by atoms with van der Waals surface area (Å²) < 4.78 is 5.05. The SMILES string of the molecule is COc1ccccc1NC(=O)CC(=O)CCl. The molecule has 0 aliphatic carbocycles. The standard InChI is InChI=1S/C11H12ClNO3/c1-16-10-5-3-2-4-9(10)13-11(15)6-8(14)7-12/h2-5H,6-7H2,1H3,(H,13,15). The van der Waals surface area contributed by atoms with Crippen molar-refractivity contribution in [3.05, 3.63) is 24.3 Å². The van der Waals surface area contributed by atoms with E-state index >= 15 is 0 Å². The topological polar surface area (TPSA) is 55.4 Å². The van der Waals surface area contributed by atoms with Gasteiger partial charge in [-0.25, -0.2) is 0 Å². The fourth-order valence-electron chi connectivity index (χ4n) is 1.17. The quantitative estimate of drug-likeness (QED) is 0.632. The number of anilines is 1. The number of hydrogen-bond acceptors (Lipinski definition) is 3. The Labute approximate surface area is 98.5 Å². The van der Waals surface area contributed by atoms with Crippen LogP contribution in [0.4, 0.5) is 5.69 Å². The summed E-state index contributed by atoms with van der Waals surface area (Å²) in [6, 6.07) is 6.97. The van der Waals surface area contributed by atoms with Gasteiger partial charge in [-0.15, -0.1) is 11.6 Å². The second-order valence-electron chi connectivity index (χ2n) is 3.10. The van der Waals surface area contributed by atoms with E-state index in [1.165, 1.54) is 7.11 Å². The lowest BCUT2D eigenvalue weighted by molar-refractivity contribution is -0.124. The number of carbonyl (C=O) groups is 2. The van der Waals surface area contributed by atoms with Crippen LogP contribution in [0.5, 0.6) is 5.75 Å². The number of rotatable bonds is 5. The Hall–Kier alpha value is -1.55. The molecular weight excluding hydrogens is 230 g/mol. The van der Waals surface area contributed by atoms with Crippen molar-refractivity contribution in [3.63, 3.8) is 0 Å². The number of methoxy groups -OCH3 is 1. The number of benzene rings is 1. The van der Waals surface area contributed by atoms with Crippen molar-refractivity contribution in [1.82, 2.24) is 0 Å². The maximum absolute atomic E-state index is 11.4. The number of ketones is 1. The van der Waals surface area contributed by atoms with Crippen molar-refractivity contribution in [2.24, 2.45) is 0 Å². The fourth-order valence-corrected chi connectivity index (χ4v) is 1.26. The zero-order chi connectivity index (χ0) is 12.0. The van der Waals surface area contributed by atoms with Crippen molar-refractivity contribution >= 4 is 29.0 Å². The van der Waals surface area contributed by atoms with Gasteiger partial charge in [0.25, 0.3) is 0 Å². The largest absolute Gasteiger partial charge is 0.495 e. The highest BCUT2D eigenvalue weighted by Crippen LogP contribution is 2.22. The third kappa shape index (κ3) is 3.55. The van der Waals surface area contributed by atoms with Crippen LogP contribution in [-0.4, -0.2) is 24.7 Å². The molecule has 0 heterocycles. The van der Waals surface area contributed by atoms with Crippen LogP contribution in [0.1, 0.15) is 6.42 Å². The molecule has 1 aromatic rings. The molecule has 1 N–H and O–H groups in total. The Morgan fingerprint density at radius 1 is 1.38 bits per heavy atom. The molecule has 0 bridgehead atoms. The van der Waals surface area contributed by atoms with Gasteiger partial charge in [-0.1, -0.05) is 12.1 Å². The Bertz CT molecular complexity index is 393. The predicted octanol–water partition coefficient (Wildman–Crippen LogP) is 1.83. The van der Waals surface area contributed by atoms with E-state index in [4.69, 9.17) is 16.3 Å². The predicted molar refractivity (Wildman–Crippen MR) is 62.0 cm³/mol. The van der Waals surface area contributed by atoms with Gasteiger partial charge in [-0.2, -0.15) is 0 Å². The monoisotopic (exact) mass is 241 g/mol. The van der Waals surface area contributed by atoms with Gasteiger partial charge in [-0.3, -0.25) is 9.59 Å². The van der Waals surface area contributed by atoms with Gasteiger partial charge in [0.05, 0.1) is 25.1 Å². The molecule has 5 heteroatoms. The van der Waals surface area contributed by atoms with Crippen LogP contribution in [0.2, 0.25) is 0 Å². The zero-order valence-corrected chi connectivity index (χ0v) is 9.58. The summed E-state index contributed by atoms with van der Waals surface area (Å²) in [5.41, 5.74) is 0.539. The molecule has 0 spiro atoms. The highest BCUT2D eigenvalue weighted by molar-refractivity contribution is 6.29. The first-order chi connectivity index (χ1) is 7.67. The van der Waals surface area contributed by atoms with Crippen LogP contribution in [-0.2, 0) is 9.59 Å². The minimum absolute atomic E-state index is 0.153. The van der Waals surface area contributed by atoms with Crippen LogP contribution in [0, 0.1) is 0 Å². The van der Waals surface area contributed by atoms with Gasteiger partial charge >= 0.3 is 0 Å². The zero-order valence-electron chi connectivity index (χ0n) is 8.83. The van der Waals surface area contributed by atoms with Gasteiger partial charge in [-0.05, 0) is 12.1 Å². The molecule has 16 heavy (non-hydrogen) atoms. The van der Waals surface area contributed by atoms with E-state index in [1.807, 2.05) is 0 Å². The Morgan fingerprint density at radius 2 is 2.06 bits per heavy atom. The Balaban J connectivity index is 2.65. The van der Waals surface area contributed by atoms with Gasteiger partial charge in [0.1, 0.15) is 5.75 Å². The molecule has 0 aromatic heterocycles. The van der Waals surface area contributed by atoms with Crippen molar-refractivity contribution in [1.29, 1.82) is 0 Å². The molecule has 1 amide bonds. The summed E-state index contributed by atoms with van der Waals surface area (Å²) in [4.78, 5) is 22.3. The number of alkyl halides is 1. The lowest BCUT2D eigenvalue weighted by Gasteiger charge is -2.08. The van der Waals surface area contributed by atoms with Crippen LogP contribution >= 0.6 is 11.6 Å². The van der Waals surface area contributed by atoms with Crippen molar-refractivity contribution in [3.8, 4) is 5.75 Å². The molecule has 0 aliphatic rings. The summed E-state index contributed by atoms with van der Waals surface area (Å²) in [7, 11) is 1.51. The number of Topliss-reactive ketones (excluding diaryl/α,β-unsaturated/α-hetero) is 1. The highest BCUT2D eigenvalue weighted by atomic mass is 35.5. The summed E-state index contributed by atoms with van der Waals surface area (Å²) in [5.74, 6) is -0.308. The van der Waals surface area contributed by atoms with E-state index in [9.17, 15) is 9.59 Å². The van der Waals surface area contributed by atoms with Gasteiger partial charge in [0, 0.05) is 0 Å². The minimum Gasteiger partial charge on any atom is -0.495 e. The fraction of sp³-hybridized carbons (Fsp3) is 0.273. The molecule has 1 aromatic carbocycles. The average molecular weight is 242 g/mol. The molecule has 0 atom stereocenters. The highest BCUT2D eigenvalue weighted by Gasteiger charge is 2.10. The number of carbonyl (C=O) groups excluding carboxylic acids is 2. The molecule has 0 unspecified atom stereocenters. The summed E-state index contributed by atoms with van der Waals surface area (Å²) in [6.07, 6.45) is -0.221. The van der Waals surface area contributed by atoms with Crippen molar-refractivity contribution in [2.75, 3.05) is 18.3 Å². The van der Waals surface area contributed by atoms with E-state index < -0.39 is 5.91 Å². The Morgan fingerprint density at radius 3 is 2.69 bits per heavy atom. The first-order valence-corrected chi connectivity index (χ1v) is 5.21. The summed E-state index contributed by atoms with van der Waals surface area (Å²) >= 11 is 5.30. The van der Waals surface area contributed by atoms with Crippen molar-refractivity contribution < 1.29 is 14.3 Å². The molecule has 4 nitrogen and oxygen atoms in total. The van der Waals surface area contributed by atoms with E-state index in [-0.39, 0.29) is 18.1 Å². The van der Waals surface area contributed by atoms with Crippen LogP contribution in [0.15, 0.2) is 24.3 Å². The average Bonchev–Trinajstić information content (AvgIpc) is 2.29. The lowest BCUT2D eigenvalue weighted by Crippen LogP contribution is -2.17. The van der Waals surface area contributed by atoms with E-state index in [0.717, 1.165) is 0 Å². The maximum Gasteiger partial charge on any atom is 0.231 e. The van der Waals surface area contributed by atoms with E-state index in [2.05, 4.69) is 5.32 Å². The smallest absolute Gasteiger partial charge is 0.231 e. The van der Waals surface area contributed by atoms with Gasteiger partial charge in [0.15, 0.2) is 5.78 Å².